The Bertz CT molecular complexity index is 406. The number of aliphatic hydroxyl groups is 1. The zero-order valence-electron chi connectivity index (χ0n) is 12.5. The summed E-state index contributed by atoms with van der Waals surface area (Å²) < 4.78 is 5.25. The van der Waals surface area contributed by atoms with Gasteiger partial charge in [-0.2, -0.15) is 0 Å². The Morgan fingerprint density at radius 2 is 2.00 bits per heavy atom. The molecule has 1 aromatic rings. The molecule has 0 amide bonds. The summed E-state index contributed by atoms with van der Waals surface area (Å²) >= 11 is 0. The third-order valence-corrected chi connectivity index (χ3v) is 4.02. The first-order valence-electron chi connectivity index (χ1n) is 7.85. The SMILES string of the molecule is CC(NCCCOCCO)c1ccc2c(c1)CCCC2. The highest BCUT2D eigenvalue weighted by Crippen LogP contribution is 2.24. The second-order valence-corrected chi connectivity index (χ2v) is 5.60. The highest BCUT2D eigenvalue weighted by atomic mass is 16.5. The molecule has 2 rings (SSSR count). The van der Waals surface area contributed by atoms with Crippen LogP contribution in [-0.4, -0.2) is 31.5 Å². The minimum Gasteiger partial charge on any atom is -0.394 e. The quantitative estimate of drug-likeness (QED) is 0.718. The number of fused-ring (bicyclic) bond motifs is 1. The predicted molar refractivity (Wildman–Crippen MR) is 82.0 cm³/mol. The van der Waals surface area contributed by atoms with Gasteiger partial charge in [0, 0.05) is 12.6 Å². The maximum atomic E-state index is 8.62. The van der Waals surface area contributed by atoms with Crippen molar-refractivity contribution in [2.45, 2.75) is 45.1 Å². The van der Waals surface area contributed by atoms with Gasteiger partial charge < -0.3 is 15.2 Å². The molecule has 1 aromatic carbocycles. The lowest BCUT2D eigenvalue weighted by molar-refractivity contribution is 0.0904. The Morgan fingerprint density at radius 1 is 1.20 bits per heavy atom. The monoisotopic (exact) mass is 277 g/mol. The van der Waals surface area contributed by atoms with E-state index in [-0.39, 0.29) is 6.61 Å². The molecule has 0 aromatic heterocycles. The summed E-state index contributed by atoms with van der Waals surface area (Å²) in [5.41, 5.74) is 4.49. The molecule has 2 N–H and O–H groups in total. The van der Waals surface area contributed by atoms with Crippen LogP contribution in [0.3, 0.4) is 0 Å². The van der Waals surface area contributed by atoms with E-state index in [1.165, 1.54) is 31.2 Å². The molecule has 1 aliphatic rings. The van der Waals surface area contributed by atoms with Crippen LogP contribution in [0.4, 0.5) is 0 Å². The lowest BCUT2D eigenvalue weighted by Gasteiger charge is -2.20. The molecule has 3 nitrogen and oxygen atoms in total. The molecule has 0 aliphatic heterocycles. The first-order chi connectivity index (χ1) is 9.81. The van der Waals surface area contributed by atoms with Gasteiger partial charge in [0.15, 0.2) is 0 Å². The van der Waals surface area contributed by atoms with Gasteiger partial charge in [0.05, 0.1) is 13.2 Å². The Morgan fingerprint density at radius 3 is 2.80 bits per heavy atom. The number of nitrogens with one attached hydrogen (secondary N) is 1. The number of hydrogen-bond acceptors (Lipinski definition) is 3. The molecule has 0 saturated heterocycles. The van der Waals surface area contributed by atoms with Crippen molar-refractivity contribution in [3.63, 3.8) is 0 Å². The molecule has 0 fully saturated rings. The maximum Gasteiger partial charge on any atom is 0.0697 e. The van der Waals surface area contributed by atoms with Gasteiger partial charge in [0.2, 0.25) is 0 Å². The smallest absolute Gasteiger partial charge is 0.0697 e. The second kappa shape index (κ2) is 8.40. The molecule has 0 spiro atoms. The van der Waals surface area contributed by atoms with Gasteiger partial charge in [-0.3, -0.25) is 0 Å². The van der Waals surface area contributed by atoms with Crippen molar-refractivity contribution in [3.05, 3.63) is 34.9 Å². The zero-order valence-corrected chi connectivity index (χ0v) is 12.5. The van der Waals surface area contributed by atoms with Crippen LogP contribution in [0.15, 0.2) is 18.2 Å². The van der Waals surface area contributed by atoms with Gasteiger partial charge in [0.25, 0.3) is 0 Å². The van der Waals surface area contributed by atoms with Gasteiger partial charge in [-0.25, -0.2) is 0 Å². The fourth-order valence-corrected chi connectivity index (χ4v) is 2.80. The van der Waals surface area contributed by atoms with E-state index < -0.39 is 0 Å². The van der Waals surface area contributed by atoms with Gasteiger partial charge >= 0.3 is 0 Å². The van der Waals surface area contributed by atoms with E-state index in [9.17, 15) is 0 Å². The zero-order chi connectivity index (χ0) is 14.2. The van der Waals surface area contributed by atoms with Crippen molar-refractivity contribution in [1.29, 1.82) is 0 Å². The maximum absolute atomic E-state index is 8.62. The Hall–Kier alpha value is -0.900. The number of hydrogen-bond donors (Lipinski definition) is 2. The van der Waals surface area contributed by atoms with E-state index in [2.05, 4.69) is 30.4 Å². The minimum atomic E-state index is 0.110. The Balaban J connectivity index is 1.76. The third kappa shape index (κ3) is 4.58. The van der Waals surface area contributed by atoms with Crippen LogP contribution in [0.5, 0.6) is 0 Å². The predicted octanol–water partition coefficient (Wildman–Crippen LogP) is 2.62. The number of aryl methyl sites for hydroxylation is 2. The largest absolute Gasteiger partial charge is 0.394 e. The number of benzene rings is 1. The summed E-state index contributed by atoms with van der Waals surface area (Å²) in [6.45, 7) is 4.44. The van der Waals surface area contributed by atoms with Gasteiger partial charge in [-0.05, 0) is 62.3 Å². The first-order valence-corrected chi connectivity index (χ1v) is 7.85. The number of aliphatic hydroxyl groups excluding tert-OH is 1. The summed E-state index contributed by atoms with van der Waals surface area (Å²) in [7, 11) is 0. The van der Waals surface area contributed by atoms with E-state index in [0.29, 0.717) is 19.3 Å². The van der Waals surface area contributed by atoms with E-state index in [1.807, 2.05) is 0 Å². The Labute approximate surface area is 122 Å². The highest BCUT2D eigenvalue weighted by Gasteiger charge is 2.11. The lowest BCUT2D eigenvalue weighted by atomic mass is 9.89. The van der Waals surface area contributed by atoms with Crippen LogP contribution in [0.25, 0.3) is 0 Å². The molecular formula is C17H27NO2. The van der Waals surface area contributed by atoms with Crippen LogP contribution < -0.4 is 5.32 Å². The van der Waals surface area contributed by atoms with Crippen LogP contribution in [0.2, 0.25) is 0 Å². The standard InChI is InChI=1S/C17H27NO2/c1-14(18-9-4-11-20-12-10-19)16-8-7-15-5-2-3-6-17(15)13-16/h7-8,13-14,18-19H,2-6,9-12H2,1H3. The van der Waals surface area contributed by atoms with Crippen molar-refractivity contribution in [3.8, 4) is 0 Å². The third-order valence-electron chi connectivity index (χ3n) is 4.02. The molecular weight excluding hydrogens is 250 g/mol. The fourth-order valence-electron chi connectivity index (χ4n) is 2.80. The molecule has 0 radical (unpaired) electrons. The average Bonchev–Trinajstić information content (AvgIpc) is 2.50. The van der Waals surface area contributed by atoms with Crippen molar-refractivity contribution in [2.75, 3.05) is 26.4 Å². The molecule has 0 saturated carbocycles. The highest BCUT2D eigenvalue weighted by molar-refractivity contribution is 5.35. The van der Waals surface area contributed by atoms with E-state index in [0.717, 1.165) is 13.0 Å². The fraction of sp³-hybridized carbons (Fsp3) is 0.647. The van der Waals surface area contributed by atoms with Gasteiger partial charge in [-0.1, -0.05) is 18.2 Å². The van der Waals surface area contributed by atoms with Crippen LogP contribution >= 0.6 is 0 Å². The second-order valence-electron chi connectivity index (χ2n) is 5.60. The van der Waals surface area contributed by atoms with Crippen LogP contribution in [0.1, 0.15) is 48.9 Å². The molecule has 1 unspecified atom stereocenters. The normalized spacial score (nSPS) is 15.9. The summed E-state index contributed by atoms with van der Waals surface area (Å²) in [5, 5.41) is 12.2. The van der Waals surface area contributed by atoms with E-state index in [1.54, 1.807) is 11.1 Å². The Kier molecular flexibility index (Phi) is 6.51. The number of rotatable bonds is 8. The van der Waals surface area contributed by atoms with E-state index in [4.69, 9.17) is 9.84 Å². The van der Waals surface area contributed by atoms with Crippen molar-refractivity contribution in [1.82, 2.24) is 5.32 Å². The van der Waals surface area contributed by atoms with Crippen LogP contribution in [-0.2, 0) is 17.6 Å². The molecule has 20 heavy (non-hydrogen) atoms. The average molecular weight is 277 g/mol. The summed E-state index contributed by atoms with van der Waals surface area (Å²) in [6.07, 6.45) is 6.15. The van der Waals surface area contributed by atoms with Crippen molar-refractivity contribution < 1.29 is 9.84 Å². The summed E-state index contributed by atoms with van der Waals surface area (Å²) in [4.78, 5) is 0. The van der Waals surface area contributed by atoms with Gasteiger partial charge in [-0.15, -0.1) is 0 Å². The summed E-state index contributed by atoms with van der Waals surface area (Å²) in [6, 6.07) is 7.35. The number of ether oxygens (including phenoxy) is 1. The van der Waals surface area contributed by atoms with E-state index >= 15 is 0 Å². The van der Waals surface area contributed by atoms with Crippen LogP contribution in [0, 0.1) is 0 Å². The van der Waals surface area contributed by atoms with Crippen molar-refractivity contribution in [2.24, 2.45) is 0 Å². The topological polar surface area (TPSA) is 41.5 Å². The molecule has 0 bridgehead atoms. The van der Waals surface area contributed by atoms with Gasteiger partial charge in [0.1, 0.15) is 0 Å². The molecule has 0 heterocycles. The molecule has 1 aliphatic carbocycles. The van der Waals surface area contributed by atoms with Crippen molar-refractivity contribution >= 4 is 0 Å². The minimum absolute atomic E-state index is 0.110. The molecule has 112 valence electrons. The molecule has 1 atom stereocenters. The molecule has 3 heteroatoms. The summed E-state index contributed by atoms with van der Waals surface area (Å²) in [5.74, 6) is 0. The first kappa shape index (κ1) is 15.5. The lowest BCUT2D eigenvalue weighted by Crippen LogP contribution is -2.21.